The van der Waals surface area contributed by atoms with Crippen LogP contribution >= 0.6 is 11.6 Å². The molecule has 7 nitrogen and oxygen atoms in total. The summed E-state index contributed by atoms with van der Waals surface area (Å²) in [6.07, 6.45) is 1.47. The van der Waals surface area contributed by atoms with Gasteiger partial charge in [0.25, 0.3) is 0 Å². The van der Waals surface area contributed by atoms with Crippen molar-refractivity contribution in [3.05, 3.63) is 23.0 Å². The van der Waals surface area contributed by atoms with Crippen LogP contribution in [0.25, 0.3) is 0 Å². The summed E-state index contributed by atoms with van der Waals surface area (Å²) in [5.74, 6) is 11.5. The number of amidine groups is 1. The third-order valence-corrected chi connectivity index (χ3v) is 2.74. The molecular formula is C9H13ClN6O. The molecule has 1 fully saturated rings. The third-order valence-electron chi connectivity index (χ3n) is 2.45. The number of nitrogens with two attached hydrogens (primary N) is 3. The van der Waals surface area contributed by atoms with Crippen LogP contribution in [0.1, 0.15) is 5.69 Å². The van der Waals surface area contributed by atoms with Gasteiger partial charge in [-0.1, -0.05) is 11.6 Å². The van der Waals surface area contributed by atoms with Crippen molar-refractivity contribution in [2.24, 2.45) is 16.8 Å². The van der Waals surface area contributed by atoms with E-state index in [1.807, 2.05) is 0 Å². The lowest BCUT2D eigenvalue weighted by molar-refractivity contribution is -0.0417. The van der Waals surface area contributed by atoms with Gasteiger partial charge in [0.2, 0.25) is 0 Å². The van der Waals surface area contributed by atoms with Gasteiger partial charge in [-0.3, -0.25) is 5.01 Å². The van der Waals surface area contributed by atoms with Crippen LogP contribution in [-0.4, -0.2) is 35.1 Å². The number of pyridine rings is 1. The van der Waals surface area contributed by atoms with Crippen LogP contribution in [0.2, 0.25) is 5.02 Å². The second-order valence-electron chi connectivity index (χ2n) is 3.65. The molecule has 0 unspecified atom stereocenters. The highest BCUT2D eigenvalue weighted by atomic mass is 35.5. The Kier molecular flexibility index (Phi) is 3.32. The average molecular weight is 257 g/mol. The highest BCUT2D eigenvalue weighted by Crippen LogP contribution is 2.19. The normalized spacial score (nSPS) is 16.7. The van der Waals surface area contributed by atoms with Crippen LogP contribution < -0.4 is 17.4 Å². The fraction of sp³-hybridized carbons (Fsp3) is 0.333. The molecule has 0 atom stereocenters. The Morgan fingerprint density at radius 3 is 2.76 bits per heavy atom. The van der Waals surface area contributed by atoms with Gasteiger partial charge in [-0.15, -0.1) is 0 Å². The predicted octanol–water partition coefficient (Wildman–Crippen LogP) is -0.488. The first-order valence-corrected chi connectivity index (χ1v) is 5.32. The molecule has 1 aliphatic heterocycles. The van der Waals surface area contributed by atoms with E-state index >= 15 is 0 Å². The number of halogens is 1. The van der Waals surface area contributed by atoms with Crippen molar-refractivity contribution in [1.82, 2.24) is 9.99 Å². The molecule has 92 valence electrons. The molecule has 1 aliphatic rings. The first kappa shape index (κ1) is 11.9. The van der Waals surface area contributed by atoms with Crippen LogP contribution in [0, 0.1) is 0 Å². The topological polar surface area (TPSA) is 116 Å². The number of hydrogen-bond acceptors (Lipinski definition) is 6. The number of ether oxygens (including phenoxy) is 1. The fourth-order valence-corrected chi connectivity index (χ4v) is 1.68. The average Bonchev–Trinajstić information content (AvgIpc) is 2.19. The number of nitrogens with zero attached hydrogens (tertiary/aromatic N) is 3. The van der Waals surface area contributed by atoms with Crippen molar-refractivity contribution in [2.75, 3.05) is 18.9 Å². The van der Waals surface area contributed by atoms with Gasteiger partial charge >= 0.3 is 0 Å². The molecule has 1 aromatic heterocycles. The lowest BCUT2D eigenvalue weighted by Gasteiger charge is -2.35. The molecule has 17 heavy (non-hydrogen) atoms. The molecule has 0 aromatic carbocycles. The fourth-order valence-electron chi connectivity index (χ4n) is 1.42. The van der Waals surface area contributed by atoms with E-state index in [0.717, 1.165) is 0 Å². The summed E-state index contributed by atoms with van der Waals surface area (Å²) < 4.78 is 5.05. The molecule has 6 N–H and O–H groups in total. The maximum absolute atomic E-state index is 6.02. The van der Waals surface area contributed by atoms with Gasteiger partial charge in [0.15, 0.2) is 5.84 Å². The molecule has 0 spiro atoms. The SMILES string of the molecule is N/N=C(/c1ncc(N)cc1Cl)N(N)C1COC1. The highest BCUT2D eigenvalue weighted by molar-refractivity contribution is 6.34. The minimum absolute atomic E-state index is 0.0349. The molecule has 8 heteroatoms. The molecule has 0 amide bonds. The summed E-state index contributed by atoms with van der Waals surface area (Å²) in [7, 11) is 0. The molecule has 2 heterocycles. The van der Waals surface area contributed by atoms with Crippen molar-refractivity contribution in [2.45, 2.75) is 6.04 Å². The van der Waals surface area contributed by atoms with E-state index < -0.39 is 0 Å². The van der Waals surface area contributed by atoms with Crippen molar-refractivity contribution in [1.29, 1.82) is 0 Å². The number of aromatic nitrogens is 1. The molecule has 2 rings (SSSR count). The summed E-state index contributed by atoms with van der Waals surface area (Å²) in [5, 5.41) is 5.39. The summed E-state index contributed by atoms with van der Waals surface area (Å²) in [4.78, 5) is 4.08. The predicted molar refractivity (Wildman–Crippen MR) is 65.0 cm³/mol. The molecule has 0 saturated carbocycles. The number of rotatable bonds is 2. The standard InChI is InChI=1S/C9H13ClN6O/c10-7-1-5(11)2-14-8(7)9(15-12)16(13)6-3-17-4-6/h1-2,6H,3-4,11-13H2/b15-9-. The van der Waals surface area contributed by atoms with E-state index in [0.29, 0.717) is 35.5 Å². The highest BCUT2D eigenvalue weighted by Gasteiger charge is 2.28. The van der Waals surface area contributed by atoms with E-state index in [1.165, 1.54) is 11.2 Å². The Hall–Kier alpha value is -1.57. The monoisotopic (exact) mass is 256 g/mol. The number of hydrogen-bond donors (Lipinski definition) is 3. The molecule has 0 radical (unpaired) electrons. The van der Waals surface area contributed by atoms with Gasteiger partial charge in [0.1, 0.15) is 5.69 Å². The van der Waals surface area contributed by atoms with E-state index in [9.17, 15) is 0 Å². The largest absolute Gasteiger partial charge is 0.397 e. The van der Waals surface area contributed by atoms with Gasteiger partial charge < -0.3 is 16.3 Å². The Morgan fingerprint density at radius 2 is 2.29 bits per heavy atom. The smallest absolute Gasteiger partial charge is 0.190 e. The third kappa shape index (κ3) is 2.26. The second-order valence-corrected chi connectivity index (χ2v) is 4.06. The van der Waals surface area contributed by atoms with Crippen molar-refractivity contribution in [3.63, 3.8) is 0 Å². The first-order valence-electron chi connectivity index (χ1n) is 4.94. The number of hydrazone groups is 1. The zero-order chi connectivity index (χ0) is 12.4. The lowest BCUT2D eigenvalue weighted by Crippen LogP contribution is -2.56. The minimum Gasteiger partial charge on any atom is -0.397 e. The molecule has 0 aliphatic carbocycles. The van der Waals surface area contributed by atoms with Gasteiger partial charge in [-0.05, 0) is 6.07 Å². The Balaban J connectivity index is 2.28. The van der Waals surface area contributed by atoms with E-state index in [2.05, 4.69) is 10.1 Å². The van der Waals surface area contributed by atoms with E-state index in [-0.39, 0.29) is 6.04 Å². The van der Waals surface area contributed by atoms with E-state index in [1.54, 1.807) is 6.07 Å². The molecular weight excluding hydrogens is 244 g/mol. The maximum Gasteiger partial charge on any atom is 0.190 e. The van der Waals surface area contributed by atoms with Crippen molar-refractivity contribution >= 4 is 23.1 Å². The van der Waals surface area contributed by atoms with Crippen LogP contribution in [0.4, 0.5) is 5.69 Å². The summed E-state index contributed by atoms with van der Waals surface area (Å²) in [6, 6.07) is 1.60. The van der Waals surface area contributed by atoms with Crippen molar-refractivity contribution < 1.29 is 4.74 Å². The van der Waals surface area contributed by atoms with Crippen LogP contribution in [0.3, 0.4) is 0 Å². The maximum atomic E-state index is 6.02. The minimum atomic E-state index is 0.0349. The summed E-state index contributed by atoms with van der Waals surface area (Å²) >= 11 is 6.02. The van der Waals surface area contributed by atoms with Crippen molar-refractivity contribution in [3.8, 4) is 0 Å². The van der Waals surface area contributed by atoms with Crippen LogP contribution in [0.5, 0.6) is 0 Å². The quantitative estimate of drug-likeness (QED) is 0.285. The Morgan fingerprint density at radius 1 is 1.59 bits per heavy atom. The number of anilines is 1. The Bertz CT molecular complexity index is 447. The molecule has 1 aromatic rings. The number of hydrazine groups is 1. The second kappa shape index (κ2) is 4.74. The van der Waals surface area contributed by atoms with Crippen LogP contribution in [-0.2, 0) is 4.74 Å². The summed E-state index contributed by atoms with van der Waals surface area (Å²) in [6.45, 7) is 1.06. The van der Waals surface area contributed by atoms with Gasteiger partial charge in [-0.25, -0.2) is 10.8 Å². The number of nitrogen functional groups attached to an aromatic ring is 1. The Labute approximate surface area is 103 Å². The van der Waals surface area contributed by atoms with E-state index in [4.69, 9.17) is 33.8 Å². The van der Waals surface area contributed by atoms with Gasteiger partial charge in [-0.2, -0.15) is 5.10 Å². The molecule has 0 bridgehead atoms. The van der Waals surface area contributed by atoms with Crippen LogP contribution in [0.15, 0.2) is 17.4 Å². The zero-order valence-corrected chi connectivity index (χ0v) is 9.76. The zero-order valence-electron chi connectivity index (χ0n) is 9.01. The van der Waals surface area contributed by atoms with Gasteiger partial charge in [0, 0.05) is 0 Å². The summed E-state index contributed by atoms with van der Waals surface area (Å²) in [5.41, 5.74) is 6.42. The first-order chi connectivity index (χ1) is 8.13. The molecule has 1 saturated heterocycles. The van der Waals surface area contributed by atoms with Gasteiger partial charge in [0.05, 0.1) is 36.2 Å². The lowest BCUT2D eigenvalue weighted by atomic mass is 10.2.